The van der Waals surface area contributed by atoms with Gasteiger partial charge < -0.3 is 9.13 Å². The Kier molecular flexibility index (Phi) is 4.47. The third kappa shape index (κ3) is 3.03. The van der Waals surface area contributed by atoms with Gasteiger partial charge in [-0.1, -0.05) is 91.0 Å². The highest BCUT2D eigenvalue weighted by Gasteiger charge is 2.13. The molecule has 38 heavy (non-hydrogen) atoms. The van der Waals surface area contributed by atoms with Gasteiger partial charge in [0, 0.05) is 27.5 Å². The van der Waals surface area contributed by atoms with Gasteiger partial charge in [-0.05, 0) is 65.7 Å². The lowest BCUT2D eigenvalue weighted by Crippen LogP contribution is -1.94. The Morgan fingerprint density at radius 3 is 1.39 bits per heavy atom. The summed E-state index contributed by atoms with van der Waals surface area (Å²) in [6.45, 7) is 0. The predicted octanol–water partition coefficient (Wildman–Crippen LogP) is 9.15. The molecule has 6 aromatic carbocycles. The van der Waals surface area contributed by atoms with Gasteiger partial charge >= 0.3 is 0 Å². The van der Waals surface area contributed by atoms with Gasteiger partial charge in [-0.2, -0.15) is 0 Å². The smallest absolute Gasteiger partial charge is 0.0631 e. The number of fused-ring (bicyclic) bond motifs is 6. The maximum atomic E-state index is 3.31. The Hall–Kier alpha value is -5.26. The summed E-state index contributed by atoms with van der Waals surface area (Å²) in [5.74, 6) is 0. The molecular formula is C36H22N2. The molecule has 0 saturated heterocycles. The van der Waals surface area contributed by atoms with E-state index >= 15 is 0 Å². The fraction of sp³-hybridized carbons (Fsp3) is 0. The van der Waals surface area contributed by atoms with Crippen molar-refractivity contribution in [2.75, 3.05) is 0 Å². The summed E-state index contributed by atoms with van der Waals surface area (Å²) in [5.41, 5.74) is 9.49. The van der Waals surface area contributed by atoms with Crippen LogP contribution in [0, 0.1) is 12.1 Å². The molecule has 2 nitrogen and oxygen atoms in total. The summed E-state index contributed by atoms with van der Waals surface area (Å²) in [5, 5.41) is 4.86. The van der Waals surface area contributed by atoms with Crippen LogP contribution >= 0.6 is 0 Å². The van der Waals surface area contributed by atoms with Gasteiger partial charge in [-0.15, -0.1) is 0 Å². The predicted molar refractivity (Wildman–Crippen MR) is 158 cm³/mol. The Bertz CT molecular complexity index is 1840. The molecule has 0 amide bonds. The number of aromatic nitrogens is 2. The maximum Gasteiger partial charge on any atom is 0.0631 e. The van der Waals surface area contributed by atoms with Crippen LogP contribution in [0.4, 0.5) is 0 Å². The maximum absolute atomic E-state index is 3.31. The molecule has 2 heteroatoms. The van der Waals surface area contributed by atoms with Crippen molar-refractivity contribution in [3.05, 3.63) is 146 Å². The SMILES string of the molecule is c1ccc2c(c#1)c1ccccc1n2-c1ccc(-c2ccc(-n3c4ccccc4c4ccccc43)cc2)cc1. The van der Waals surface area contributed by atoms with E-state index in [0.29, 0.717) is 0 Å². The first-order valence-corrected chi connectivity index (χ1v) is 12.9. The molecule has 0 aliphatic rings. The van der Waals surface area contributed by atoms with Gasteiger partial charge in [0.15, 0.2) is 0 Å². The Labute approximate surface area is 220 Å². The molecule has 0 spiro atoms. The molecule has 176 valence electrons. The zero-order valence-corrected chi connectivity index (χ0v) is 20.6. The lowest BCUT2D eigenvalue weighted by molar-refractivity contribution is 1.18. The van der Waals surface area contributed by atoms with Crippen molar-refractivity contribution in [3.63, 3.8) is 0 Å². The van der Waals surface area contributed by atoms with Crippen molar-refractivity contribution >= 4 is 43.6 Å². The molecule has 0 radical (unpaired) electrons. The number of nitrogens with zero attached hydrogens (tertiary/aromatic N) is 2. The van der Waals surface area contributed by atoms with E-state index in [2.05, 4.69) is 149 Å². The standard InChI is InChI=1S/C36H22N2/c1-5-13-33-29(9-1)30-10-2-6-14-34(30)37(33)27-21-17-25(18-22-27)26-19-23-28(24-20-26)38-35-15-7-3-11-31(35)32-12-4-8-16-36(32)38/h1-3,5-11,13-24H. The van der Waals surface area contributed by atoms with Gasteiger partial charge in [0.05, 0.1) is 27.5 Å². The molecule has 0 atom stereocenters. The van der Waals surface area contributed by atoms with Gasteiger partial charge in [0.2, 0.25) is 0 Å². The Balaban J connectivity index is 1.20. The fourth-order valence-electron chi connectivity index (χ4n) is 5.87. The summed E-state index contributed by atoms with van der Waals surface area (Å²) >= 11 is 0. The van der Waals surface area contributed by atoms with Crippen LogP contribution in [-0.4, -0.2) is 9.13 Å². The lowest BCUT2D eigenvalue weighted by atomic mass is 10.0. The largest absolute Gasteiger partial charge is 0.309 e. The molecule has 2 aromatic heterocycles. The number of benzene rings is 5. The lowest BCUT2D eigenvalue weighted by Gasteiger charge is -2.11. The van der Waals surface area contributed by atoms with Crippen LogP contribution in [0.3, 0.4) is 0 Å². The van der Waals surface area contributed by atoms with Gasteiger partial charge in [-0.25, -0.2) is 0 Å². The van der Waals surface area contributed by atoms with Crippen LogP contribution in [0.25, 0.3) is 66.1 Å². The van der Waals surface area contributed by atoms with E-state index in [1.54, 1.807) is 0 Å². The molecule has 0 N–H and O–H groups in total. The summed E-state index contributed by atoms with van der Waals surface area (Å²) in [6.07, 6.45) is 0. The van der Waals surface area contributed by atoms with Crippen molar-refractivity contribution < 1.29 is 0 Å². The Morgan fingerprint density at radius 1 is 0.395 bits per heavy atom. The van der Waals surface area contributed by atoms with Gasteiger partial charge in [0.1, 0.15) is 0 Å². The highest BCUT2D eigenvalue weighted by atomic mass is 15.0. The second-order valence-corrected chi connectivity index (χ2v) is 9.68. The number of rotatable bonds is 3. The van der Waals surface area contributed by atoms with Crippen molar-refractivity contribution in [1.29, 1.82) is 0 Å². The van der Waals surface area contributed by atoms with Crippen LogP contribution in [0.2, 0.25) is 0 Å². The fourth-order valence-corrected chi connectivity index (χ4v) is 5.87. The zero-order valence-electron chi connectivity index (χ0n) is 20.6. The molecular weight excluding hydrogens is 460 g/mol. The van der Waals surface area contributed by atoms with E-state index in [9.17, 15) is 0 Å². The highest BCUT2D eigenvalue weighted by Crippen LogP contribution is 2.34. The van der Waals surface area contributed by atoms with Crippen LogP contribution in [0.1, 0.15) is 0 Å². The van der Waals surface area contributed by atoms with Crippen LogP contribution in [0.5, 0.6) is 0 Å². The first-order valence-electron chi connectivity index (χ1n) is 12.9. The first kappa shape index (κ1) is 20.9. The van der Waals surface area contributed by atoms with Crippen LogP contribution < -0.4 is 0 Å². The molecule has 0 bridgehead atoms. The molecule has 0 fully saturated rings. The van der Waals surface area contributed by atoms with Crippen molar-refractivity contribution in [3.8, 4) is 22.5 Å². The van der Waals surface area contributed by atoms with E-state index in [1.807, 2.05) is 6.07 Å². The number of para-hydroxylation sites is 3. The molecule has 0 saturated carbocycles. The van der Waals surface area contributed by atoms with E-state index in [1.165, 1.54) is 49.5 Å². The zero-order chi connectivity index (χ0) is 25.1. The number of hydrogen-bond donors (Lipinski definition) is 0. The first-order chi connectivity index (χ1) is 18.9. The van der Waals surface area contributed by atoms with Crippen molar-refractivity contribution in [2.45, 2.75) is 0 Å². The highest BCUT2D eigenvalue weighted by molar-refractivity contribution is 6.09. The summed E-state index contributed by atoms with van der Waals surface area (Å²) in [7, 11) is 0. The topological polar surface area (TPSA) is 9.86 Å². The second-order valence-electron chi connectivity index (χ2n) is 9.68. The summed E-state index contributed by atoms with van der Waals surface area (Å²) < 4.78 is 4.67. The van der Waals surface area contributed by atoms with Crippen molar-refractivity contribution in [2.24, 2.45) is 0 Å². The third-order valence-corrected chi connectivity index (χ3v) is 7.60. The monoisotopic (exact) mass is 482 g/mol. The third-order valence-electron chi connectivity index (χ3n) is 7.60. The molecule has 2 heterocycles. The Morgan fingerprint density at radius 2 is 0.842 bits per heavy atom. The van der Waals surface area contributed by atoms with Gasteiger partial charge in [-0.3, -0.25) is 0 Å². The summed E-state index contributed by atoms with van der Waals surface area (Å²) in [4.78, 5) is 0. The van der Waals surface area contributed by atoms with Crippen LogP contribution in [-0.2, 0) is 0 Å². The van der Waals surface area contributed by atoms with E-state index in [-0.39, 0.29) is 0 Å². The average molecular weight is 483 g/mol. The molecule has 0 aliphatic carbocycles. The van der Waals surface area contributed by atoms with E-state index < -0.39 is 0 Å². The molecule has 8 aromatic rings. The molecule has 0 aliphatic heterocycles. The molecule has 8 rings (SSSR count). The van der Waals surface area contributed by atoms with E-state index in [4.69, 9.17) is 0 Å². The van der Waals surface area contributed by atoms with Crippen molar-refractivity contribution in [1.82, 2.24) is 9.13 Å². The minimum absolute atomic E-state index is 1.10. The molecule has 0 unspecified atom stereocenters. The quantitative estimate of drug-likeness (QED) is 0.238. The van der Waals surface area contributed by atoms with E-state index in [0.717, 1.165) is 16.6 Å². The minimum Gasteiger partial charge on any atom is -0.309 e. The second kappa shape index (κ2) is 8.13. The van der Waals surface area contributed by atoms with Crippen LogP contribution in [0.15, 0.2) is 133 Å². The minimum atomic E-state index is 1.10. The normalized spacial score (nSPS) is 11.5. The summed E-state index contributed by atoms with van der Waals surface area (Å²) in [6, 6.07) is 54.0. The average Bonchev–Trinajstić information content (AvgIpc) is 3.51. The number of hydrogen-bond acceptors (Lipinski definition) is 0. The van der Waals surface area contributed by atoms with Gasteiger partial charge in [0.25, 0.3) is 0 Å².